The number of aliphatic hydroxyl groups excluding tert-OH is 1. The van der Waals surface area contributed by atoms with Crippen molar-refractivity contribution in [3.8, 4) is 0 Å². The van der Waals surface area contributed by atoms with Crippen molar-refractivity contribution in [2.45, 2.75) is 103 Å². The molecule has 2 aromatic carbocycles. The number of carbonyl (C=O) groups excluding carboxylic acids is 2. The number of nitrogens with one attached hydrogen (secondary N) is 1. The summed E-state index contributed by atoms with van der Waals surface area (Å²) < 4.78 is 5.48. The summed E-state index contributed by atoms with van der Waals surface area (Å²) in [6.45, 7) is 2.54. The van der Waals surface area contributed by atoms with Gasteiger partial charge in [-0.15, -0.1) is 0 Å². The van der Waals surface area contributed by atoms with E-state index < -0.39 is 18.1 Å². The molecule has 0 saturated heterocycles. The van der Waals surface area contributed by atoms with Crippen LogP contribution in [0, 0.1) is 0 Å². The van der Waals surface area contributed by atoms with Crippen molar-refractivity contribution in [2.75, 3.05) is 6.61 Å². The molecular weight excluding hydrogens is 450 g/mol. The van der Waals surface area contributed by atoms with Gasteiger partial charge in [0.25, 0.3) is 0 Å². The Bertz CT molecular complexity index is 840. The number of esters is 1. The molecule has 0 heterocycles. The molecule has 0 fully saturated rings. The smallest absolute Gasteiger partial charge is 0.331 e. The van der Waals surface area contributed by atoms with Gasteiger partial charge in [0.2, 0.25) is 5.91 Å². The Morgan fingerprint density at radius 2 is 1.25 bits per heavy atom. The van der Waals surface area contributed by atoms with E-state index in [1.165, 1.54) is 57.8 Å². The SMILES string of the molecule is CCCCCCCCCCCCCCOC(=O)C(NC(=O)Cc1ccccc1)C(O)c1ccccc1. The van der Waals surface area contributed by atoms with Crippen molar-refractivity contribution >= 4 is 11.9 Å². The Labute approximate surface area is 217 Å². The van der Waals surface area contributed by atoms with E-state index in [2.05, 4.69) is 12.2 Å². The van der Waals surface area contributed by atoms with Crippen molar-refractivity contribution in [1.82, 2.24) is 5.32 Å². The minimum atomic E-state index is -1.18. The normalized spacial score (nSPS) is 12.6. The fourth-order valence-electron chi connectivity index (χ4n) is 4.32. The Morgan fingerprint density at radius 3 is 1.81 bits per heavy atom. The number of ether oxygens (including phenoxy) is 1. The standard InChI is InChI=1S/C31H45NO4/c1-2-3-4-5-6-7-8-9-10-11-12-19-24-36-31(35)29(30(34)27-22-17-14-18-23-27)32-28(33)25-26-20-15-13-16-21-26/h13-18,20-23,29-30,34H,2-12,19,24-25H2,1H3,(H,32,33). The highest BCUT2D eigenvalue weighted by molar-refractivity contribution is 5.86. The Kier molecular flexibility index (Phi) is 15.3. The third kappa shape index (κ3) is 12.3. The van der Waals surface area contributed by atoms with Crippen LogP contribution in [0.15, 0.2) is 60.7 Å². The van der Waals surface area contributed by atoms with E-state index in [1.54, 1.807) is 24.3 Å². The average molecular weight is 496 g/mol. The zero-order valence-electron chi connectivity index (χ0n) is 22.0. The molecule has 0 aliphatic carbocycles. The summed E-state index contributed by atoms with van der Waals surface area (Å²) in [6, 6.07) is 17.1. The van der Waals surface area contributed by atoms with Gasteiger partial charge in [-0.2, -0.15) is 0 Å². The maximum absolute atomic E-state index is 12.9. The number of hydrogen-bond donors (Lipinski definition) is 2. The van der Waals surface area contributed by atoms with Crippen LogP contribution >= 0.6 is 0 Å². The van der Waals surface area contributed by atoms with E-state index in [0.717, 1.165) is 24.8 Å². The molecule has 1 amide bonds. The molecule has 36 heavy (non-hydrogen) atoms. The molecule has 0 bridgehead atoms. The first kappa shape index (κ1) is 29.6. The topological polar surface area (TPSA) is 75.6 Å². The summed E-state index contributed by atoms with van der Waals surface area (Å²) in [5, 5.41) is 13.6. The van der Waals surface area contributed by atoms with Gasteiger partial charge in [-0.05, 0) is 17.5 Å². The summed E-state index contributed by atoms with van der Waals surface area (Å²) in [5.74, 6) is -0.931. The molecule has 2 rings (SSSR count). The summed E-state index contributed by atoms with van der Waals surface area (Å²) in [5.41, 5.74) is 1.40. The van der Waals surface area contributed by atoms with Gasteiger partial charge in [0.15, 0.2) is 6.04 Å². The summed E-state index contributed by atoms with van der Waals surface area (Å²) in [6.07, 6.45) is 13.8. The van der Waals surface area contributed by atoms with Gasteiger partial charge in [0.1, 0.15) is 6.10 Å². The second kappa shape index (κ2) is 18.6. The molecule has 0 aliphatic rings. The minimum absolute atomic E-state index is 0.130. The second-order valence-electron chi connectivity index (χ2n) is 9.62. The second-order valence-corrected chi connectivity index (χ2v) is 9.62. The van der Waals surface area contributed by atoms with Crippen LogP contribution in [-0.2, 0) is 20.7 Å². The lowest BCUT2D eigenvalue weighted by Crippen LogP contribution is -2.46. The van der Waals surface area contributed by atoms with E-state index in [4.69, 9.17) is 4.74 Å². The average Bonchev–Trinajstić information content (AvgIpc) is 2.90. The van der Waals surface area contributed by atoms with Crippen LogP contribution in [0.1, 0.15) is 101 Å². The first-order valence-electron chi connectivity index (χ1n) is 13.8. The zero-order valence-corrected chi connectivity index (χ0v) is 22.0. The molecule has 5 heteroatoms. The summed E-state index contributed by atoms with van der Waals surface area (Å²) >= 11 is 0. The lowest BCUT2D eigenvalue weighted by molar-refractivity contribution is -0.151. The number of carbonyl (C=O) groups is 2. The van der Waals surface area contributed by atoms with Gasteiger partial charge in [-0.25, -0.2) is 4.79 Å². The van der Waals surface area contributed by atoms with Gasteiger partial charge in [0, 0.05) is 0 Å². The van der Waals surface area contributed by atoms with Crippen LogP contribution in [0.25, 0.3) is 0 Å². The highest BCUT2D eigenvalue weighted by Crippen LogP contribution is 2.18. The highest BCUT2D eigenvalue weighted by atomic mass is 16.5. The number of unbranched alkanes of at least 4 members (excludes halogenated alkanes) is 11. The molecule has 0 aliphatic heterocycles. The van der Waals surface area contributed by atoms with E-state index in [1.807, 2.05) is 36.4 Å². The molecule has 2 N–H and O–H groups in total. The third-order valence-corrected chi connectivity index (χ3v) is 6.48. The van der Waals surface area contributed by atoms with Crippen LogP contribution < -0.4 is 5.32 Å². The number of hydrogen-bond acceptors (Lipinski definition) is 4. The van der Waals surface area contributed by atoms with E-state index in [9.17, 15) is 14.7 Å². The van der Waals surface area contributed by atoms with Gasteiger partial charge >= 0.3 is 5.97 Å². The van der Waals surface area contributed by atoms with Crippen LogP contribution in [0.2, 0.25) is 0 Å². The maximum Gasteiger partial charge on any atom is 0.331 e. The lowest BCUT2D eigenvalue weighted by Gasteiger charge is -2.23. The van der Waals surface area contributed by atoms with Crippen LogP contribution in [0.4, 0.5) is 0 Å². The van der Waals surface area contributed by atoms with E-state index >= 15 is 0 Å². The van der Waals surface area contributed by atoms with Gasteiger partial charge in [0.05, 0.1) is 13.0 Å². The lowest BCUT2D eigenvalue weighted by atomic mass is 10.0. The Balaban J connectivity index is 1.71. The monoisotopic (exact) mass is 495 g/mol. The first-order valence-corrected chi connectivity index (χ1v) is 13.8. The largest absolute Gasteiger partial charge is 0.464 e. The Hall–Kier alpha value is -2.66. The van der Waals surface area contributed by atoms with Crippen LogP contribution in [0.3, 0.4) is 0 Å². The number of rotatable bonds is 19. The highest BCUT2D eigenvalue weighted by Gasteiger charge is 2.31. The molecule has 5 nitrogen and oxygen atoms in total. The molecule has 2 aromatic rings. The van der Waals surface area contributed by atoms with Gasteiger partial charge in [-0.1, -0.05) is 138 Å². The summed E-state index contributed by atoms with van der Waals surface area (Å²) in [7, 11) is 0. The quantitative estimate of drug-likeness (QED) is 0.168. The molecule has 0 aromatic heterocycles. The predicted octanol–water partition coefficient (Wildman–Crippen LogP) is 6.69. The fraction of sp³-hybridized carbons (Fsp3) is 0.548. The third-order valence-electron chi connectivity index (χ3n) is 6.48. The number of benzene rings is 2. The molecular formula is C31H45NO4. The predicted molar refractivity (Wildman–Crippen MR) is 146 cm³/mol. The molecule has 2 unspecified atom stereocenters. The number of amides is 1. The molecule has 0 spiro atoms. The number of aliphatic hydroxyl groups is 1. The van der Waals surface area contributed by atoms with Crippen molar-refractivity contribution in [3.63, 3.8) is 0 Å². The van der Waals surface area contributed by atoms with Crippen molar-refractivity contribution in [2.24, 2.45) is 0 Å². The molecule has 0 radical (unpaired) electrons. The van der Waals surface area contributed by atoms with Crippen LogP contribution in [-0.4, -0.2) is 29.6 Å². The molecule has 0 saturated carbocycles. The van der Waals surface area contributed by atoms with Crippen LogP contribution in [0.5, 0.6) is 0 Å². The molecule has 198 valence electrons. The fourth-order valence-corrected chi connectivity index (χ4v) is 4.32. The molecule has 2 atom stereocenters. The van der Waals surface area contributed by atoms with Gasteiger partial charge in [-0.3, -0.25) is 4.79 Å². The van der Waals surface area contributed by atoms with Gasteiger partial charge < -0.3 is 15.2 Å². The van der Waals surface area contributed by atoms with E-state index in [0.29, 0.717) is 12.2 Å². The van der Waals surface area contributed by atoms with Crippen molar-refractivity contribution in [3.05, 3.63) is 71.8 Å². The van der Waals surface area contributed by atoms with E-state index in [-0.39, 0.29) is 12.3 Å². The summed E-state index contributed by atoms with van der Waals surface area (Å²) in [4.78, 5) is 25.5. The Morgan fingerprint density at radius 1 is 0.750 bits per heavy atom. The zero-order chi connectivity index (χ0) is 25.8. The first-order chi connectivity index (χ1) is 17.6. The maximum atomic E-state index is 12.9. The van der Waals surface area contributed by atoms with Crippen molar-refractivity contribution < 1.29 is 19.4 Å². The minimum Gasteiger partial charge on any atom is -0.464 e. The van der Waals surface area contributed by atoms with Crippen molar-refractivity contribution in [1.29, 1.82) is 0 Å².